The van der Waals surface area contributed by atoms with E-state index in [1.54, 1.807) is 12.1 Å². The fourth-order valence-corrected chi connectivity index (χ4v) is 3.57. The van der Waals surface area contributed by atoms with E-state index in [-0.39, 0.29) is 21.7 Å². The molecule has 0 spiro atoms. The molecule has 0 heterocycles. The van der Waals surface area contributed by atoms with Crippen LogP contribution >= 0.6 is 0 Å². The maximum Gasteiger partial charge on any atom is 0.274 e. The van der Waals surface area contributed by atoms with Crippen molar-refractivity contribution < 1.29 is 18.1 Å². The molecule has 2 aromatic carbocycles. The van der Waals surface area contributed by atoms with E-state index in [1.165, 1.54) is 43.3 Å². The van der Waals surface area contributed by atoms with Crippen LogP contribution in [0.2, 0.25) is 0 Å². The lowest BCUT2D eigenvalue weighted by molar-refractivity contribution is -0.385. The van der Waals surface area contributed by atoms with Crippen molar-refractivity contribution in [3.8, 4) is 0 Å². The van der Waals surface area contributed by atoms with Crippen molar-refractivity contribution in [3.05, 3.63) is 81.9 Å². The van der Waals surface area contributed by atoms with E-state index in [0.29, 0.717) is 0 Å². The second kappa shape index (κ2) is 7.59. The van der Waals surface area contributed by atoms with Crippen molar-refractivity contribution in [1.82, 2.24) is 4.72 Å². The lowest BCUT2D eigenvalue weighted by Gasteiger charge is -2.20. The van der Waals surface area contributed by atoms with Gasteiger partial charge in [0.05, 0.1) is 21.4 Å². The normalized spacial score (nSPS) is 12.4. The Hall–Kier alpha value is -2.84. The lowest BCUT2D eigenvalue weighted by Crippen LogP contribution is -2.31. The zero-order chi connectivity index (χ0) is 19.5. The van der Waals surface area contributed by atoms with E-state index in [9.17, 15) is 23.3 Å². The molecule has 0 unspecified atom stereocenters. The van der Waals surface area contributed by atoms with Gasteiger partial charge in [-0.3, -0.25) is 14.9 Å². The summed E-state index contributed by atoms with van der Waals surface area (Å²) in [6.07, 6.45) is 0. The molecule has 0 radical (unpaired) electrons. The molecule has 0 fully saturated rings. The Bertz CT molecular complexity index is 965. The topological polar surface area (TPSA) is 106 Å². The third kappa shape index (κ3) is 4.22. The van der Waals surface area contributed by atoms with E-state index >= 15 is 0 Å². The summed E-state index contributed by atoms with van der Waals surface area (Å²) in [6, 6.07) is 10.5. The summed E-state index contributed by atoms with van der Waals surface area (Å²) in [6.45, 7) is 6.67. The maximum atomic E-state index is 12.7. The van der Waals surface area contributed by atoms with E-state index in [4.69, 9.17) is 0 Å². The van der Waals surface area contributed by atoms with Gasteiger partial charge in [-0.05, 0) is 26.0 Å². The molecule has 0 amide bonds. The number of sulfonamides is 1. The fraction of sp³-hybridized carbons (Fsp3) is 0.167. The van der Waals surface area contributed by atoms with Gasteiger partial charge in [-0.25, -0.2) is 8.42 Å². The number of nitrogens with zero attached hydrogens (tertiary/aromatic N) is 1. The highest BCUT2D eigenvalue weighted by Gasteiger charge is 2.30. The predicted molar refractivity (Wildman–Crippen MR) is 97.2 cm³/mol. The summed E-state index contributed by atoms with van der Waals surface area (Å²) < 4.78 is 27.8. The predicted octanol–water partition coefficient (Wildman–Crippen LogP) is 3.07. The quantitative estimate of drug-likeness (QED) is 0.455. The Balaban J connectivity index is 2.54. The average Bonchev–Trinajstić information content (AvgIpc) is 2.59. The van der Waals surface area contributed by atoms with E-state index in [2.05, 4.69) is 11.3 Å². The molecule has 1 N–H and O–H groups in total. The van der Waals surface area contributed by atoms with Crippen molar-refractivity contribution in [2.75, 3.05) is 0 Å². The van der Waals surface area contributed by atoms with E-state index in [0.717, 1.165) is 5.56 Å². The number of hydrogen-bond acceptors (Lipinski definition) is 5. The summed E-state index contributed by atoms with van der Waals surface area (Å²) in [5.41, 5.74) is 0.544. The van der Waals surface area contributed by atoms with Gasteiger partial charge in [-0.2, -0.15) is 4.72 Å². The summed E-state index contributed by atoms with van der Waals surface area (Å²) in [5, 5.41) is 11.3. The smallest absolute Gasteiger partial charge is 0.274 e. The number of carbonyl (C=O) groups is 1. The molecule has 1 atom stereocenters. The fourth-order valence-electron chi connectivity index (χ4n) is 2.36. The third-order valence-corrected chi connectivity index (χ3v) is 5.29. The monoisotopic (exact) mass is 374 g/mol. The molecule has 2 rings (SSSR count). The minimum Gasteiger partial charge on any atom is -0.295 e. The first-order valence-corrected chi connectivity index (χ1v) is 9.14. The molecular formula is C18H18N2O5S. The van der Waals surface area contributed by atoms with Gasteiger partial charge in [0, 0.05) is 11.6 Å². The largest absolute Gasteiger partial charge is 0.295 e. The van der Waals surface area contributed by atoms with Crippen LogP contribution in [0.25, 0.3) is 0 Å². The van der Waals surface area contributed by atoms with Crippen molar-refractivity contribution in [1.29, 1.82) is 0 Å². The molecule has 2 aromatic rings. The van der Waals surface area contributed by atoms with Gasteiger partial charge in [0.2, 0.25) is 10.0 Å². The van der Waals surface area contributed by atoms with Crippen LogP contribution in [-0.4, -0.2) is 19.1 Å². The average molecular weight is 374 g/mol. The van der Waals surface area contributed by atoms with Crippen molar-refractivity contribution >= 4 is 21.5 Å². The van der Waals surface area contributed by atoms with Crippen LogP contribution in [-0.2, 0) is 14.8 Å². The molecule has 0 bridgehead atoms. The highest BCUT2D eigenvalue weighted by molar-refractivity contribution is 7.89. The van der Waals surface area contributed by atoms with E-state index < -0.39 is 26.8 Å². The van der Waals surface area contributed by atoms with Crippen LogP contribution in [0.1, 0.15) is 24.1 Å². The molecule has 0 aliphatic carbocycles. The van der Waals surface area contributed by atoms with Crippen molar-refractivity contribution in [2.45, 2.75) is 24.8 Å². The highest BCUT2D eigenvalue weighted by atomic mass is 32.2. The van der Waals surface area contributed by atoms with E-state index in [1.807, 2.05) is 6.92 Å². The molecular weight excluding hydrogens is 356 g/mol. The molecule has 0 aliphatic heterocycles. The molecule has 0 aromatic heterocycles. The number of nitro benzene ring substituents is 1. The summed E-state index contributed by atoms with van der Waals surface area (Å²) in [7, 11) is -4.03. The highest BCUT2D eigenvalue weighted by Crippen LogP contribution is 2.31. The first kappa shape index (κ1) is 19.5. The zero-order valence-electron chi connectivity index (χ0n) is 14.3. The first-order chi connectivity index (χ1) is 12.1. The molecule has 26 heavy (non-hydrogen) atoms. The lowest BCUT2D eigenvalue weighted by atomic mass is 9.97. The second-order valence-electron chi connectivity index (χ2n) is 5.76. The molecule has 0 saturated heterocycles. The molecule has 0 aliphatic rings. The van der Waals surface area contributed by atoms with Crippen LogP contribution in [0, 0.1) is 17.0 Å². The number of carbonyl (C=O) groups excluding carboxylic acids is 1. The van der Waals surface area contributed by atoms with Gasteiger partial charge in [0.15, 0.2) is 5.78 Å². The number of hydrogen-bond donors (Lipinski definition) is 1. The Morgan fingerprint density at radius 3 is 2.27 bits per heavy atom. The number of rotatable bonds is 7. The molecule has 136 valence electrons. The number of nitrogens with one attached hydrogen (secondary N) is 1. The molecule has 7 nitrogen and oxygen atoms in total. The van der Waals surface area contributed by atoms with Gasteiger partial charge in [0.25, 0.3) is 5.69 Å². The summed E-state index contributed by atoms with van der Waals surface area (Å²) in [5.74, 6) is -0.472. The standard InChI is InChI=1S/C18H18N2O5S/c1-12-8-10-15(11-9-12)26(24,25)19-18(13(2)14(3)21)16-6-4-5-7-17(16)20(22)23/h4-11,18-19H,2H2,1,3H3/t18-/m1/s1. The maximum absolute atomic E-state index is 12.7. The van der Waals surface area contributed by atoms with Crippen LogP contribution < -0.4 is 4.72 Å². The Labute approximate surface area is 151 Å². The summed E-state index contributed by atoms with van der Waals surface area (Å²) >= 11 is 0. The van der Waals surface area contributed by atoms with Gasteiger partial charge >= 0.3 is 0 Å². The molecule has 0 saturated carbocycles. The Morgan fingerprint density at radius 1 is 1.15 bits per heavy atom. The number of nitro groups is 1. The Morgan fingerprint density at radius 2 is 1.73 bits per heavy atom. The van der Waals surface area contributed by atoms with Crippen molar-refractivity contribution in [3.63, 3.8) is 0 Å². The van der Waals surface area contributed by atoms with Crippen LogP contribution in [0.5, 0.6) is 0 Å². The van der Waals surface area contributed by atoms with Gasteiger partial charge in [-0.1, -0.05) is 42.5 Å². The van der Waals surface area contributed by atoms with Gasteiger partial charge in [0.1, 0.15) is 0 Å². The van der Waals surface area contributed by atoms with Crippen molar-refractivity contribution in [2.24, 2.45) is 0 Å². The first-order valence-electron chi connectivity index (χ1n) is 7.65. The minimum atomic E-state index is -4.03. The number of benzene rings is 2. The van der Waals surface area contributed by atoms with Crippen LogP contribution in [0.4, 0.5) is 5.69 Å². The van der Waals surface area contributed by atoms with Crippen LogP contribution in [0.3, 0.4) is 0 Å². The zero-order valence-corrected chi connectivity index (χ0v) is 15.1. The number of ketones is 1. The number of Topliss-reactive ketones (excluding diaryl/α,β-unsaturated/α-hetero) is 1. The van der Waals surface area contributed by atoms with Crippen LogP contribution in [0.15, 0.2) is 65.6 Å². The SMILES string of the molecule is C=C(C(C)=O)[C@@H](NS(=O)(=O)c1ccc(C)cc1)c1ccccc1[N+](=O)[O-]. The van der Waals surface area contributed by atoms with Gasteiger partial charge in [-0.15, -0.1) is 0 Å². The summed E-state index contributed by atoms with van der Waals surface area (Å²) in [4.78, 5) is 22.5. The molecule has 8 heteroatoms. The second-order valence-corrected chi connectivity index (χ2v) is 7.48. The Kier molecular flexibility index (Phi) is 5.69. The minimum absolute atomic E-state index is 0.0111. The number of para-hydroxylation sites is 1. The number of aryl methyl sites for hydroxylation is 1. The van der Waals surface area contributed by atoms with Gasteiger partial charge < -0.3 is 0 Å². The third-order valence-electron chi connectivity index (χ3n) is 3.85.